The molecule has 0 bridgehead atoms. The number of H-pyrrole nitrogens is 1. The van der Waals surface area contributed by atoms with Crippen LogP contribution in [0.5, 0.6) is 0 Å². The normalized spacial score (nSPS) is 14.2. The molecule has 0 radical (unpaired) electrons. The number of aromatic amines is 1. The number of benzene rings is 2. The Kier molecular flexibility index (Phi) is 7.12. The molecule has 3 aromatic rings. The molecule has 178 valence electrons. The summed E-state index contributed by atoms with van der Waals surface area (Å²) in [5, 5.41) is 6.24. The van der Waals surface area contributed by atoms with Crippen LogP contribution in [0.2, 0.25) is 0 Å². The first-order valence-electron chi connectivity index (χ1n) is 11.6. The number of nitrogens with zero attached hydrogens (tertiary/aromatic N) is 2. The highest BCUT2D eigenvalue weighted by Gasteiger charge is 2.22. The lowest BCUT2D eigenvalue weighted by atomic mass is 10.1. The van der Waals surface area contributed by atoms with Crippen LogP contribution in [0.4, 0.5) is 11.4 Å². The van der Waals surface area contributed by atoms with Gasteiger partial charge in [0.1, 0.15) is 6.04 Å². The van der Waals surface area contributed by atoms with Crippen molar-refractivity contribution in [3.05, 3.63) is 63.2 Å². The van der Waals surface area contributed by atoms with Gasteiger partial charge in [0.05, 0.1) is 10.9 Å². The first-order chi connectivity index (χ1) is 16.4. The average molecular weight is 480 g/mol. The molecule has 1 aromatic heterocycles. The fraction of sp³-hybridized carbons (Fsp3) is 0.360. The van der Waals surface area contributed by atoms with Gasteiger partial charge in [-0.05, 0) is 67.9 Å². The Labute approximate surface area is 203 Å². The van der Waals surface area contributed by atoms with Gasteiger partial charge < -0.3 is 20.5 Å². The van der Waals surface area contributed by atoms with Gasteiger partial charge in [-0.15, -0.1) is 0 Å². The molecule has 2 amide bonds. The van der Waals surface area contributed by atoms with E-state index in [1.54, 1.807) is 25.2 Å². The van der Waals surface area contributed by atoms with Crippen molar-refractivity contribution in [2.45, 2.75) is 38.6 Å². The summed E-state index contributed by atoms with van der Waals surface area (Å²) in [7, 11) is 1.59. The van der Waals surface area contributed by atoms with E-state index in [4.69, 9.17) is 12.2 Å². The van der Waals surface area contributed by atoms with Crippen molar-refractivity contribution in [3.8, 4) is 0 Å². The smallest absolute Gasteiger partial charge is 0.261 e. The zero-order valence-electron chi connectivity index (χ0n) is 19.4. The predicted octanol–water partition coefficient (Wildman–Crippen LogP) is 3.73. The Morgan fingerprint density at radius 3 is 2.65 bits per heavy atom. The number of aromatic nitrogens is 2. The summed E-state index contributed by atoms with van der Waals surface area (Å²) in [5.74, 6) is -0.649. The summed E-state index contributed by atoms with van der Waals surface area (Å²) in [5.41, 5.74) is 2.39. The van der Waals surface area contributed by atoms with Crippen LogP contribution in [0.25, 0.3) is 10.9 Å². The van der Waals surface area contributed by atoms with Crippen molar-refractivity contribution in [2.24, 2.45) is 7.05 Å². The van der Waals surface area contributed by atoms with Crippen molar-refractivity contribution in [1.29, 1.82) is 0 Å². The van der Waals surface area contributed by atoms with Gasteiger partial charge in [-0.2, -0.15) is 0 Å². The monoisotopic (exact) mass is 479 g/mol. The number of carbonyl (C=O) groups is 2. The molecule has 8 nitrogen and oxygen atoms in total. The van der Waals surface area contributed by atoms with E-state index in [1.165, 1.54) is 17.4 Å². The van der Waals surface area contributed by atoms with Gasteiger partial charge in [-0.3, -0.25) is 19.0 Å². The fourth-order valence-electron chi connectivity index (χ4n) is 4.23. The minimum absolute atomic E-state index is 0.231. The second-order valence-electron chi connectivity index (χ2n) is 8.60. The molecule has 1 unspecified atom stereocenters. The quantitative estimate of drug-likeness (QED) is 0.449. The van der Waals surface area contributed by atoms with Gasteiger partial charge in [0, 0.05) is 37.1 Å². The van der Waals surface area contributed by atoms with Crippen LogP contribution in [0, 0.1) is 4.77 Å². The number of carbonyl (C=O) groups excluding carboxylic acids is 2. The van der Waals surface area contributed by atoms with Gasteiger partial charge in [0.25, 0.3) is 11.5 Å². The highest BCUT2D eigenvalue weighted by Crippen LogP contribution is 2.23. The van der Waals surface area contributed by atoms with E-state index in [0.29, 0.717) is 28.6 Å². The van der Waals surface area contributed by atoms with Gasteiger partial charge in [-0.1, -0.05) is 19.4 Å². The third kappa shape index (κ3) is 5.04. The molecule has 0 saturated carbocycles. The average Bonchev–Trinajstić information content (AvgIpc) is 3.37. The molecule has 2 aromatic carbocycles. The largest absolute Gasteiger partial charge is 0.371 e. The van der Waals surface area contributed by atoms with Gasteiger partial charge >= 0.3 is 0 Å². The maximum absolute atomic E-state index is 13.0. The van der Waals surface area contributed by atoms with E-state index in [9.17, 15) is 14.4 Å². The van der Waals surface area contributed by atoms with Crippen molar-refractivity contribution in [3.63, 3.8) is 0 Å². The Balaban J connectivity index is 1.50. The first-order valence-corrected chi connectivity index (χ1v) is 12.0. The van der Waals surface area contributed by atoms with E-state index < -0.39 is 6.04 Å². The van der Waals surface area contributed by atoms with Gasteiger partial charge in [0.2, 0.25) is 5.91 Å². The topological polar surface area (TPSA) is 99.2 Å². The van der Waals surface area contributed by atoms with Crippen LogP contribution in [0.3, 0.4) is 0 Å². The molecular weight excluding hydrogens is 450 g/mol. The Morgan fingerprint density at radius 1 is 1.15 bits per heavy atom. The van der Waals surface area contributed by atoms with E-state index in [2.05, 4.69) is 20.5 Å². The maximum atomic E-state index is 13.0. The lowest BCUT2D eigenvalue weighted by Crippen LogP contribution is -2.43. The van der Waals surface area contributed by atoms with Gasteiger partial charge in [0.15, 0.2) is 4.77 Å². The Hall–Kier alpha value is -3.46. The second kappa shape index (κ2) is 10.2. The second-order valence-corrected chi connectivity index (χ2v) is 8.99. The van der Waals surface area contributed by atoms with Crippen molar-refractivity contribution >= 4 is 46.3 Å². The molecule has 34 heavy (non-hydrogen) atoms. The van der Waals surface area contributed by atoms with Crippen LogP contribution in [-0.2, 0) is 11.8 Å². The number of fused-ring (bicyclic) bond motifs is 1. The molecule has 1 aliphatic heterocycles. The summed E-state index contributed by atoms with van der Waals surface area (Å²) in [6.07, 6.45) is 3.58. The molecule has 0 aliphatic carbocycles. The number of amides is 2. The number of nitrogens with one attached hydrogen (secondary N) is 3. The summed E-state index contributed by atoms with van der Waals surface area (Å²) < 4.78 is 1.62. The molecule has 4 rings (SSSR count). The van der Waals surface area contributed by atoms with E-state index >= 15 is 0 Å². The zero-order chi connectivity index (χ0) is 24.2. The Bertz CT molecular complexity index is 1340. The summed E-state index contributed by atoms with van der Waals surface area (Å²) >= 11 is 5.17. The predicted molar refractivity (Wildman–Crippen MR) is 137 cm³/mol. The fourth-order valence-corrected chi connectivity index (χ4v) is 4.42. The molecule has 2 heterocycles. The molecule has 1 fully saturated rings. The molecule has 0 spiro atoms. The van der Waals surface area contributed by atoms with Crippen LogP contribution in [0.15, 0.2) is 47.3 Å². The number of rotatable bonds is 7. The minimum atomic E-state index is -0.689. The SMILES string of the molecule is CCCC(NC(=O)c1ccc2c(=O)n(C)c(=S)[nH]c2c1)C(=O)Nc1cccc(N2CCCC2)c1. The number of anilines is 2. The Morgan fingerprint density at radius 2 is 1.91 bits per heavy atom. The molecule has 3 N–H and O–H groups in total. The molecule has 1 aliphatic rings. The van der Waals surface area contributed by atoms with Crippen molar-refractivity contribution in [2.75, 3.05) is 23.3 Å². The van der Waals surface area contributed by atoms with Crippen molar-refractivity contribution < 1.29 is 9.59 Å². The lowest BCUT2D eigenvalue weighted by molar-refractivity contribution is -0.118. The third-order valence-electron chi connectivity index (χ3n) is 6.15. The summed E-state index contributed by atoms with van der Waals surface area (Å²) in [6, 6.07) is 11.9. The highest BCUT2D eigenvalue weighted by atomic mass is 32.1. The van der Waals surface area contributed by atoms with Crippen LogP contribution in [0.1, 0.15) is 43.0 Å². The lowest BCUT2D eigenvalue weighted by Gasteiger charge is -2.20. The van der Waals surface area contributed by atoms with Crippen LogP contribution < -0.4 is 21.1 Å². The third-order valence-corrected chi connectivity index (χ3v) is 6.52. The minimum Gasteiger partial charge on any atom is -0.371 e. The number of hydrogen-bond donors (Lipinski definition) is 3. The summed E-state index contributed by atoms with van der Waals surface area (Å²) in [4.78, 5) is 43.7. The standard InChI is InChI=1S/C25H29N5O3S/c1-3-7-20(23(32)26-17-8-6-9-18(15-17)30-12-4-5-13-30)27-22(31)16-10-11-19-21(14-16)28-25(34)29(2)24(19)33/h6,8-11,14-15,20H,3-5,7,12-13H2,1-2H3,(H,26,32)(H,27,31)(H,28,34). The van der Waals surface area contributed by atoms with Crippen LogP contribution in [-0.4, -0.2) is 40.5 Å². The van der Waals surface area contributed by atoms with E-state index in [0.717, 1.165) is 25.2 Å². The number of hydrogen-bond acceptors (Lipinski definition) is 5. The maximum Gasteiger partial charge on any atom is 0.261 e. The highest BCUT2D eigenvalue weighted by molar-refractivity contribution is 7.71. The van der Waals surface area contributed by atoms with Gasteiger partial charge in [-0.25, -0.2) is 0 Å². The van der Waals surface area contributed by atoms with E-state index in [1.807, 2.05) is 31.2 Å². The molecule has 1 atom stereocenters. The molecule has 1 saturated heterocycles. The van der Waals surface area contributed by atoms with Crippen molar-refractivity contribution in [1.82, 2.24) is 14.9 Å². The van der Waals surface area contributed by atoms with Crippen LogP contribution >= 0.6 is 12.2 Å². The van der Waals surface area contributed by atoms with E-state index in [-0.39, 0.29) is 22.1 Å². The zero-order valence-corrected chi connectivity index (χ0v) is 20.2. The molecular formula is C25H29N5O3S. The first kappa shape index (κ1) is 23.7. The summed E-state index contributed by atoms with van der Waals surface area (Å²) in [6.45, 7) is 4.01. The molecule has 9 heteroatoms.